The number of benzene rings is 1. The highest BCUT2D eigenvalue weighted by Gasteiger charge is 2.39. The summed E-state index contributed by atoms with van der Waals surface area (Å²) in [6, 6.07) is -15.4. The monoisotopic (exact) mass is 1610 g/mol. The van der Waals surface area contributed by atoms with E-state index in [0.717, 1.165) is 6.92 Å². The van der Waals surface area contributed by atoms with Gasteiger partial charge in [-0.25, -0.2) is 0 Å². The van der Waals surface area contributed by atoms with Crippen LogP contribution in [0, 0.1) is 17.8 Å². The molecule has 2 aromatic rings. The van der Waals surface area contributed by atoms with E-state index < -0.39 is 242 Å². The number of aromatic nitrogens is 1. The lowest BCUT2D eigenvalue weighted by Gasteiger charge is -2.31. The Morgan fingerprint density at radius 2 is 0.838 bits per heavy atom. The fourth-order valence-corrected chi connectivity index (χ4v) is 11.5. The zero-order chi connectivity index (χ0) is 82.7. The number of H-pyrrole nitrogens is 1. The van der Waals surface area contributed by atoms with E-state index in [1.165, 1.54) is 37.4 Å². The number of hydrogen-bond donors (Lipinski definition) is 22. The number of quaternary nitrogens is 2. The standard InChI is InChI=1S/C68H109N17O22S2.2H3N/c1-12-32(5)53(85-67(105)54(33(6)13-2)84-64(102)48(30-87)82-56(94)35(8)74-61(99)45(27-51(91)92)79-62(100)43(24-31(3)4)78-63(101)47(29-86)83-65(103)52(71)36(9)88)66(104)80-44(25-37-28-72-39-17-15-14-16-38(37)39)60(98)73-34(7)55(93)75-41(20-22-108-10)58(96)77-42(21-23-109-11)59(97)76-40(18-19-49(69)89)57(95)81-46(68(106)107)26-50(70)90;;/h14-17,28,31-36,40-48,52-54,72,86-88H,12-13,18-27,29-30,71H2,1-11H3,(H2,69,89)(H2,70,90)(H,73,98)(H,74,99)(H,75,93)(H,76,97)(H,77,96)(H,78,101)(H,79,100)(H,80,104)(H,81,95)(H,82,94)(H,83,103)(H,84,102)(H,85,105)(H,91,92)(H,106,107);2*1H3/t32-,33-,34-,35-,36+,40-,41-,42-,43-,44-,45-,46-,47-,48-,52-,53-,54-;;/m0../s1. The number of primary amides is 2. The fourth-order valence-electron chi connectivity index (χ4n) is 10.5. The van der Waals surface area contributed by atoms with Crippen molar-refractivity contribution in [2.75, 3.05) is 37.2 Å². The second-order valence-corrected chi connectivity index (χ2v) is 28.7. The number of carboxylic acid groups (broad SMARTS) is 2. The minimum absolute atomic E-state index is 0. The summed E-state index contributed by atoms with van der Waals surface area (Å²) >= 11 is 2.58. The number of aliphatic hydroxyl groups excluding tert-OH is 3. The van der Waals surface area contributed by atoms with Crippen molar-refractivity contribution in [3.8, 4) is 0 Å². The van der Waals surface area contributed by atoms with E-state index in [1.54, 1.807) is 84.5 Å². The summed E-state index contributed by atoms with van der Waals surface area (Å²) in [5, 5.41) is 85.6. The maximum absolute atomic E-state index is 14.8. The van der Waals surface area contributed by atoms with Crippen molar-refractivity contribution in [1.82, 2.24) is 86.4 Å². The third kappa shape index (κ3) is 34.6. The summed E-state index contributed by atoms with van der Waals surface area (Å²) in [7, 11) is 0. The zero-order valence-corrected chi connectivity index (χ0v) is 66.5. The molecule has 1 aromatic carbocycles. The average Bonchev–Trinajstić information content (AvgIpc) is 1.70. The number of carbonyl (C=O) groups is 17. The van der Waals surface area contributed by atoms with Gasteiger partial charge in [0.15, 0.2) is 0 Å². The maximum Gasteiger partial charge on any atom is 0.245 e. The first-order chi connectivity index (χ1) is 51.2. The van der Waals surface area contributed by atoms with Crippen molar-refractivity contribution in [1.29, 1.82) is 0 Å². The molecule has 43 heteroatoms. The zero-order valence-electron chi connectivity index (χ0n) is 64.8. The number of aromatic amines is 1. The summed E-state index contributed by atoms with van der Waals surface area (Å²) in [6.45, 7) is 11.4. The van der Waals surface area contributed by atoms with Crippen LogP contribution in [0.3, 0.4) is 0 Å². The van der Waals surface area contributed by atoms with Gasteiger partial charge in [-0.2, -0.15) is 23.5 Å². The third-order valence-corrected chi connectivity index (χ3v) is 18.7. The van der Waals surface area contributed by atoms with Crippen LogP contribution < -0.4 is 109 Å². The van der Waals surface area contributed by atoms with Crippen LogP contribution in [0.4, 0.5) is 0 Å². The SMILES string of the molecule is CC[C@H](C)[C@H](NC(=O)[C@H](CO)NC(=O)[C@H](C)NC(=O)[C@H](CC(=O)[O-])NC(=O)[C@H](CC(C)C)NC(=O)[C@H](CO)NC(=O)[C@@H](N)[C@@H](C)O)C(=O)N[C@H](C(=O)N[C@@H](Cc1c[nH]c2ccccc12)C(=O)N[C@@H](C)C(=O)N[C@@H](CCSC)C(=O)N[C@@H](CCSC)C(=O)N[C@@H](CCC(N)=O)C(=O)N[C@@H](CC(N)=O)C(=O)[O-])[C@@H](C)CC.[NH4+].[NH4+]. The molecule has 31 N–H and O–H groups in total. The summed E-state index contributed by atoms with van der Waals surface area (Å²) < 4.78 is 0. The van der Waals surface area contributed by atoms with Crippen molar-refractivity contribution >= 4 is 135 Å². The molecule has 17 atom stereocenters. The van der Waals surface area contributed by atoms with E-state index in [0.29, 0.717) is 16.5 Å². The van der Waals surface area contributed by atoms with Crippen molar-refractivity contribution < 1.29 is 107 Å². The number of nitrogens with two attached hydrogens (primary N) is 3. The lowest BCUT2D eigenvalue weighted by atomic mass is 9.94. The topological polar surface area (TPSA) is 720 Å². The van der Waals surface area contributed by atoms with E-state index >= 15 is 0 Å². The Morgan fingerprint density at radius 3 is 1.28 bits per heavy atom. The molecule has 0 saturated heterocycles. The van der Waals surface area contributed by atoms with Crippen LogP contribution in [-0.2, 0) is 87.9 Å². The van der Waals surface area contributed by atoms with Crippen molar-refractivity contribution in [3.63, 3.8) is 0 Å². The molecule has 0 fully saturated rings. The van der Waals surface area contributed by atoms with Gasteiger partial charge in [-0.05, 0) is 99.9 Å². The smallest absolute Gasteiger partial charge is 0.245 e. The molecule has 0 saturated carbocycles. The Hall–Kier alpha value is -9.79. The number of nitrogens with one attached hydrogen (secondary N) is 14. The van der Waals surface area contributed by atoms with Crippen LogP contribution in [0.5, 0.6) is 0 Å². The van der Waals surface area contributed by atoms with Crippen LogP contribution >= 0.6 is 23.5 Å². The van der Waals surface area contributed by atoms with Gasteiger partial charge in [0.2, 0.25) is 88.6 Å². The number of para-hydroxylation sites is 1. The predicted octanol–water partition coefficient (Wildman–Crippen LogP) is -7.83. The Morgan fingerprint density at radius 1 is 0.459 bits per heavy atom. The highest BCUT2D eigenvalue weighted by atomic mass is 32.2. The molecule has 41 nitrogen and oxygen atoms in total. The highest BCUT2D eigenvalue weighted by molar-refractivity contribution is 7.98. The Bertz CT molecular complexity index is 3500. The molecule has 15 amide bonds. The number of aliphatic carboxylic acids is 2. The Labute approximate surface area is 651 Å². The van der Waals surface area contributed by atoms with Gasteiger partial charge in [-0.3, -0.25) is 71.9 Å². The normalized spacial score (nSPS) is 15.6. The number of fused-ring (bicyclic) bond motifs is 1. The van der Waals surface area contributed by atoms with Crippen LogP contribution in [0.2, 0.25) is 0 Å². The molecule has 0 aliphatic rings. The number of carbonyl (C=O) groups excluding carboxylic acids is 17. The molecule has 111 heavy (non-hydrogen) atoms. The molecule has 0 aliphatic carbocycles. The lowest BCUT2D eigenvalue weighted by Crippen LogP contribution is -2.62. The molecule has 0 radical (unpaired) electrons. The van der Waals surface area contributed by atoms with Gasteiger partial charge >= 0.3 is 0 Å². The number of aliphatic hydroxyl groups is 3. The number of thioether (sulfide) groups is 2. The second kappa shape index (κ2) is 50.9. The third-order valence-electron chi connectivity index (χ3n) is 17.4. The summed E-state index contributed by atoms with van der Waals surface area (Å²) in [5.74, 6) is -20.4. The molecule has 1 aromatic heterocycles. The van der Waals surface area contributed by atoms with Crippen LogP contribution in [-0.4, -0.2) is 249 Å². The molecule has 0 unspecified atom stereocenters. The molecule has 1 heterocycles. The minimum atomic E-state index is -1.98. The van der Waals surface area contributed by atoms with Gasteiger partial charge < -0.3 is 139 Å². The van der Waals surface area contributed by atoms with Gasteiger partial charge in [-0.1, -0.05) is 72.6 Å². The molecule has 2 rings (SSSR count). The molecule has 0 bridgehead atoms. The van der Waals surface area contributed by atoms with E-state index in [-0.39, 0.29) is 68.2 Å². The fraction of sp³-hybridized carbons (Fsp3) is 0.632. The molecular weight excluding hydrogens is 1500 g/mol. The first-order valence-corrected chi connectivity index (χ1v) is 38.1. The Kier molecular flexibility index (Phi) is 46.4. The number of rotatable bonds is 51. The number of carboxylic acids is 2. The molecular formula is C68H115N19O22S2. The summed E-state index contributed by atoms with van der Waals surface area (Å²) in [6.07, 6.45) is 0.712. The van der Waals surface area contributed by atoms with Gasteiger partial charge in [0.1, 0.15) is 78.5 Å². The van der Waals surface area contributed by atoms with Crippen molar-refractivity contribution in [2.24, 2.45) is 35.0 Å². The lowest BCUT2D eigenvalue weighted by molar-refractivity contribution is -0.309. The minimum Gasteiger partial charge on any atom is -0.550 e. The van der Waals surface area contributed by atoms with E-state index in [9.17, 15) is 107 Å². The van der Waals surface area contributed by atoms with E-state index in [4.69, 9.17) is 17.2 Å². The first-order valence-electron chi connectivity index (χ1n) is 35.3. The van der Waals surface area contributed by atoms with Gasteiger partial charge in [0.25, 0.3) is 0 Å². The van der Waals surface area contributed by atoms with Crippen LogP contribution in [0.15, 0.2) is 30.5 Å². The predicted molar refractivity (Wildman–Crippen MR) is 405 cm³/mol. The average molecular weight is 1610 g/mol. The van der Waals surface area contributed by atoms with E-state index in [2.05, 4.69) is 68.8 Å². The first kappa shape index (κ1) is 101. The van der Waals surface area contributed by atoms with Gasteiger partial charge in [0, 0.05) is 42.3 Å². The number of hydrogen-bond acceptors (Lipinski definition) is 25. The number of amides is 15. The van der Waals surface area contributed by atoms with Crippen molar-refractivity contribution in [2.45, 2.75) is 217 Å². The van der Waals surface area contributed by atoms with E-state index in [1.807, 2.05) is 5.32 Å². The van der Waals surface area contributed by atoms with Crippen molar-refractivity contribution in [3.05, 3.63) is 36.0 Å². The molecule has 626 valence electrons. The molecule has 0 aliphatic heterocycles. The highest BCUT2D eigenvalue weighted by Crippen LogP contribution is 2.21. The maximum atomic E-state index is 14.8. The Balaban J connectivity index is 0.0000605. The second-order valence-electron chi connectivity index (χ2n) is 26.7. The van der Waals surface area contributed by atoms with Gasteiger partial charge in [-0.15, -0.1) is 0 Å². The summed E-state index contributed by atoms with van der Waals surface area (Å²) in [5.41, 5.74) is 17.3. The summed E-state index contributed by atoms with van der Waals surface area (Å²) in [4.78, 5) is 230. The van der Waals surface area contributed by atoms with Crippen LogP contribution in [0.25, 0.3) is 10.9 Å². The quantitative estimate of drug-likeness (QED) is 0.0293. The van der Waals surface area contributed by atoms with Gasteiger partial charge in [0.05, 0.1) is 37.7 Å². The van der Waals surface area contributed by atoms with Crippen LogP contribution in [0.1, 0.15) is 126 Å². The molecule has 0 spiro atoms. The largest absolute Gasteiger partial charge is 0.550 e.